The van der Waals surface area contributed by atoms with Gasteiger partial charge in [0.15, 0.2) is 14.6 Å². The summed E-state index contributed by atoms with van der Waals surface area (Å²) in [6.07, 6.45) is 2.97. The smallest absolute Gasteiger partial charge is 0.245 e. The summed E-state index contributed by atoms with van der Waals surface area (Å²) in [6, 6.07) is 7.00. The molecule has 1 aromatic carbocycles. The maximum atomic E-state index is 12.8. The van der Waals surface area contributed by atoms with Crippen LogP contribution < -0.4 is 15.5 Å². The zero-order chi connectivity index (χ0) is 18.1. The van der Waals surface area contributed by atoms with Crippen molar-refractivity contribution in [3.05, 3.63) is 24.3 Å². The zero-order valence-electron chi connectivity index (χ0n) is 14.7. The average molecular weight is 402 g/mol. The van der Waals surface area contributed by atoms with Crippen molar-refractivity contribution < 1.29 is 18.0 Å². The number of hydrogen-bond acceptors (Lipinski definition) is 5. The lowest BCUT2D eigenvalue weighted by molar-refractivity contribution is -0.119. The molecule has 2 amide bonds. The van der Waals surface area contributed by atoms with Crippen LogP contribution in [0.5, 0.6) is 0 Å². The summed E-state index contributed by atoms with van der Waals surface area (Å²) in [5.74, 6) is -0.434. The second-order valence-electron chi connectivity index (χ2n) is 6.67. The Bertz CT molecular complexity index is 791. The molecule has 9 heteroatoms. The topological polar surface area (TPSA) is 95.6 Å². The summed E-state index contributed by atoms with van der Waals surface area (Å²) in [4.78, 5) is 26.4. The zero-order valence-corrected chi connectivity index (χ0v) is 16.3. The first kappa shape index (κ1) is 20.7. The van der Waals surface area contributed by atoms with Gasteiger partial charge in [-0.05, 0) is 50.6 Å². The fourth-order valence-corrected chi connectivity index (χ4v) is 4.85. The first-order valence-electron chi connectivity index (χ1n) is 8.46. The Balaban J connectivity index is 0.00000243. The van der Waals surface area contributed by atoms with Gasteiger partial charge in [-0.3, -0.25) is 9.59 Å². The highest BCUT2D eigenvalue weighted by atomic mass is 35.5. The Kier molecular flexibility index (Phi) is 6.31. The third kappa shape index (κ3) is 3.87. The molecule has 2 saturated heterocycles. The third-order valence-corrected chi connectivity index (χ3v) is 7.04. The second-order valence-corrected chi connectivity index (χ2v) is 9.00. The van der Waals surface area contributed by atoms with Gasteiger partial charge < -0.3 is 15.5 Å². The number of carbonyl (C=O) groups excluding carboxylic acids is 2. The molecule has 26 heavy (non-hydrogen) atoms. The van der Waals surface area contributed by atoms with E-state index in [1.807, 2.05) is 6.07 Å². The lowest BCUT2D eigenvalue weighted by atomic mass is 9.95. The molecule has 0 radical (unpaired) electrons. The molecule has 0 aromatic heterocycles. The van der Waals surface area contributed by atoms with Crippen LogP contribution in [0, 0.1) is 0 Å². The first-order chi connectivity index (χ1) is 11.8. The minimum Gasteiger partial charge on any atom is -0.325 e. The standard InChI is InChI=1S/C17H23N3O4S.ClH/c1-25(23,24)17(7-9-18-10-8-17)16(22)19-13-4-2-5-14(12-13)20-11-3-6-15(20)21;/h2,4-5,12,18H,3,6-11H2,1H3,(H,19,22);1H. The molecule has 0 atom stereocenters. The van der Waals surface area contributed by atoms with Crippen molar-refractivity contribution in [3.8, 4) is 0 Å². The number of anilines is 2. The van der Waals surface area contributed by atoms with Gasteiger partial charge in [0.1, 0.15) is 0 Å². The van der Waals surface area contributed by atoms with E-state index in [9.17, 15) is 18.0 Å². The molecule has 0 bridgehead atoms. The largest absolute Gasteiger partial charge is 0.325 e. The lowest BCUT2D eigenvalue weighted by Gasteiger charge is -2.34. The van der Waals surface area contributed by atoms with Gasteiger partial charge in [-0.25, -0.2) is 8.42 Å². The number of amides is 2. The number of halogens is 1. The highest BCUT2D eigenvalue weighted by molar-refractivity contribution is 7.92. The van der Waals surface area contributed by atoms with E-state index in [0.717, 1.165) is 18.4 Å². The fraction of sp³-hybridized carbons (Fsp3) is 0.529. The number of carbonyl (C=O) groups is 2. The molecule has 2 heterocycles. The van der Waals surface area contributed by atoms with Crippen molar-refractivity contribution in [2.24, 2.45) is 0 Å². The van der Waals surface area contributed by atoms with Crippen molar-refractivity contribution >= 4 is 45.4 Å². The van der Waals surface area contributed by atoms with E-state index in [1.54, 1.807) is 23.1 Å². The minimum absolute atomic E-state index is 0. The summed E-state index contributed by atoms with van der Waals surface area (Å²) < 4.78 is 23.2. The maximum Gasteiger partial charge on any atom is 0.245 e. The number of hydrogen-bond donors (Lipinski definition) is 2. The van der Waals surface area contributed by atoms with Gasteiger partial charge in [0.25, 0.3) is 0 Å². The molecular formula is C17H24ClN3O4S. The average Bonchev–Trinajstić information content (AvgIpc) is 3.01. The summed E-state index contributed by atoms with van der Waals surface area (Å²) in [7, 11) is -3.56. The quantitative estimate of drug-likeness (QED) is 0.793. The number of nitrogens with one attached hydrogen (secondary N) is 2. The van der Waals surface area contributed by atoms with Crippen LogP contribution in [0.15, 0.2) is 24.3 Å². The van der Waals surface area contributed by atoms with E-state index in [0.29, 0.717) is 31.7 Å². The Morgan fingerprint density at radius 3 is 2.54 bits per heavy atom. The van der Waals surface area contributed by atoms with Gasteiger partial charge in [-0.15, -0.1) is 12.4 Å². The normalized spacial score (nSPS) is 19.7. The van der Waals surface area contributed by atoms with E-state index < -0.39 is 20.5 Å². The van der Waals surface area contributed by atoms with Gasteiger partial charge in [0.05, 0.1) is 0 Å². The molecule has 2 fully saturated rings. The van der Waals surface area contributed by atoms with Crippen LogP contribution in [0.25, 0.3) is 0 Å². The highest BCUT2D eigenvalue weighted by Gasteiger charge is 2.48. The minimum atomic E-state index is -3.56. The van der Waals surface area contributed by atoms with Crippen molar-refractivity contribution in [2.75, 3.05) is 36.1 Å². The van der Waals surface area contributed by atoms with E-state index >= 15 is 0 Å². The summed E-state index contributed by atoms with van der Waals surface area (Å²) >= 11 is 0. The number of benzene rings is 1. The Morgan fingerprint density at radius 2 is 1.96 bits per heavy atom. The molecule has 0 spiro atoms. The SMILES string of the molecule is CS(=O)(=O)C1(C(=O)Nc2cccc(N3CCCC3=O)c2)CCNCC1.Cl. The fourth-order valence-electron chi connectivity index (χ4n) is 3.51. The van der Waals surface area contributed by atoms with Gasteiger partial charge in [-0.1, -0.05) is 6.07 Å². The molecule has 0 aliphatic carbocycles. The predicted octanol–water partition coefficient (Wildman–Crippen LogP) is 1.34. The van der Waals surface area contributed by atoms with Crippen molar-refractivity contribution in [2.45, 2.75) is 30.4 Å². The van der Waals surface area contributed by atoms with Gasteiger partial charge >= 0.3 is 0 Å². The van der Waals surface area contributed by atoms with Crippen LogP contribution in [-0.4, -0.2) is 50.9 Å². The highest BCUT2D eigenvalue weighted by Crippen LogP contribution is 2.30. The third-order valence-electron chi connectivity index (χ3n) is 5.02. The summed E-state index contributed by atoms with van der Waals surface area (Å²) in [5.41, 5.74) is 1.22. The van der Waals surface area contributed by atoms with E-state index in [4.69, 9.17) is 0 Å². The molecule has 2 N–H and O–H groups in total. The number of nitrogens with zero attached hydrogens (tertiary/aromatic N) is 1. The van der Waals surface area contributed by atoms with Crippen LogP contribution in [0.3, 0.4) is 0 Å². The van der Waals surface area contributed by atoms with E-state index in [-0.39, 0.29) is 31.2 Å². The van der Waals surface area contributed by atoms with Crippen molar-refractivity contribution in [1.82, 2.24) is 5.32 Å². The Hall–Kier alpha value is -1.64. The predicted molar refractivity (Wildman–Crippen MR) is 104 cm³/mol. The molecular weight excluding hydrogens is 378 g/mol. The Morgan fingerprint density at radius 1 is 1.27 bits per heavy atom. The van der Waals surface area contributed by atoms with Crippen LogP contribution in [-0.2, 0) is 19.4 Å². The first-order valence-corrected chi connectivity index (χ1v) is 10.3. The van der Waals surface area contributed by atoms with E-state index in [2.05, 4.69) is 10.6 Å². The second kappa shape index (κ2) is 7.94. The van der Waals surface area contributed by atoms with Crippen LogP contribution >= 0.6 is 12.4 Å². The van der Waals surface area contributed by atoms with Crippen LogP contribution in [0.2, 0.25) is 0 Å². The number of sulfone groups is 1. The van der Waals surface area contributed by atoms with Crippen molar-refractivity contribution in [3.63, 3.8) is 0 Å². The van der Waals surface area contributed by atoms with Gasteiger partial charge in [-0.2, -0.15) is 0 Å². The monoisotopic (exact) mass is 401 g/mol. The Labute approximate surface area is 159 Å². The summed E-state index contributed by atoms with van der Waals surface area (Å²) in [5, 5.41) is 5.85. The molecule has 2 aliphatic heterocycles. The molecule has 2 aliphatic rings. The van der Waals surface area contributed by atoms with Gasteiger partial charge in [0, 0.05) is 30.6 Å². The van der Waals surface area contributed by atoms with Crippen LogP contribution in [0.1, 0.15) is 25.7 Å². The van der Waals surface area contributed by atoms with Crippen molar-refractivity contribution in [1.29, 1.82) is 0 Å². The molecule has 0 saturated carbocycles. The molecule has 7 nitrogen and oxygen atoms in total. The number of rotatable bonds is 4. The number of piperidine rings is 1. The van der Waals surface area contributed by atoms with Gasteiger partial charge in [0.2, 0.25) is 11.8 Å². The van der Waals surface area contributed by atoms with Crippen LogP contribution in [0.4, 0.5) is 11.4 Å². The van der Waals surface area contributed by atoms with E-state index in [1.165, 1.54) is 0 Å². The maximum absolute atomic E-state index is 12.8. The summed E-state index contributed by atoms with van der Waals surface area (Å²) in [6.45, 7) is 1.64. The lowest BCUT2D eigenvalue weighted by Crippen LogP contribution is -2.55. The molecule has 1 aromatic rings. The molecule has 3 rings (SSSR count). The molecule has 144 valence electrons. The molecule has 0 unspecified atom stereocenters.